The van der Waals surface area contributed by atoms with Gasteiger partial charge in [-0.25, -0.2) is 14.2 Å². The van der Waals surface area contributed by atoms with Crippen LogP contribution in [0.4, 0.5) is 14.9 Å². The Morgan fingerprint density at radius 3 is 2.81 bits per heavy atom. The molecular weight excluding hydrogens is 373 g/mol. The summed E-state index contributed by atoms with van der Waals surface area (Å²) in [5.74, 6) is -0.281. The number of urea groups is 1. The van der Waals surface area contributed by atoms with E-state index in [1.54, 1.807) is 30.3 Å². The molecule has 0 fully saturated rings. The van der Waals surface area contributed by atoms with E-state index in [1.807, 2.05) is 13.0 Å². The zero-order valence-electron chi connectivity index (χ0n) is 14.1. The highest BCUT2D eigenvalue weighted by molar-refractivity contribution is 7.15. The molecule has 2 amide bonds. The molecule has 1 heterocycles. The lowest BCUT2D eigenvalue weighted by atomic mass is 10.2. The Bertz CT molecular complexity index is 929. The van der Waals surface area contributed by atoms with Crippen LogP contribution in [0.1, 0.15) is 10.6 Å². The quantitative estimate of drug-likeness (QED) is 0.624. The molecule has 3 aromatic rings. The zero-order chi connectivity index (χ0) is 18.5. The standard InChI is InChI=1S/C19H17ClFN3OS/c1-12-17(26-18(23-12)13-4-2-6-15(21)10-13)8-9-22-19(25)24-16-7-3-5-14(20)11-16/h2-7,10-11H,8-9H2,1H3,(H2,22,24,25). The van der Waals surface area contributed by atoms with Gasteiger partial charge in [0.25, 0.3) is 0 Å². The third kappa shape index (κ3) is 4.80. The summed E-state index contributed by atoms with van der Waals surface area (Å²) in [6, 6.07) is 13.1. The van der Waals surface area contributed by atoms with Gasteiger partial charge in [-0.2, -0.15) is 0 Å². The summed E-state index contributed by atoms with van der Waals surface area (Å²) < 4.78 is 13.4. The first-order valence-electron chi connectivity index (χ1n) is 8.04. The maximum Gasteiger partial charge on any atom is 0.319 e. The van der Waals surface area contributed by atoms with E-state index in [4.69, 9.17) is 11.6 Å². The molecule has 3 rings (SSSR count). The zero-order valence-corrected chi connectivity index (χ0v) is 15.6. The van der Waals surface area contributed by atoms with E-state index in [2.05, 4.69) is 15.6 Å². The number of halogens is 2. The predicted molar refractivity (Wildman–Crippen MR) is 104 cm³/mol. The number of anilines is 1. The molecule has 0 aliphatic heterocycles. The van der Waals surface area contributed by atoms with E-state index in [-0.39, 0.29) is 11.8 Å². The monoisotopic (exact) mass is 389 g/mol. The number of hydrogen-bond donors (Lipinski definition) is 2. The Balaban J connectivity index is 1.56. The number of aromatic nitrogens is 1. The third-order valence-corrected chi connectivity index (χ3v) is 5.19. The second-order valence-electron chi connectivity index (χ2n) is 5.68. The van der Waals surface area contributed by atoms with Crippen molar-refractivity contribution in [3.8, 4) is 10.6 Å². The van der Waals surface area contributed by atoms with Crippen molar-refractivity contribution in [1.29, 1.82) is 0 Å². The number of rotatable bonds is 5. The molecule has 0 aliphatic carbocycles. The SMILES string of the molecule is Cc1nc(-c2cccc(F)c2)sc1CCNC(=O)Nc1cccc(Cl)c1. The van der Waals surface area contributed by atoms with Crippen molar-refractivity contribution in [2.24, 2.45) is 0 Å². The van der Waals surface area contributed by atoms with Gasteiger partial charge in [0.1, 0.15) is 10.8 Å². The molecule has 0 unspecified atom stereocenters. The van der Waals surface area contributed by atoms with Crippen molar-refractivity contribution in [3.05, 3.63) is 69.9 Å². The number of amides is 2. The number of nitrogens with zero attached hydrogens (tertiary/aromatic N) is 1. The van der Waals surface area contributed by atoms with Crippen molar-refractivity contribution in [2.75, 3.05) is 11.9 Å². The van der Waals surface area contributed by atoms with Crippen molar-refractivity contribution in [3.63, 3.8) is 0 Å². The highest BCUT2D eigenvalue weighted by Crippen LogP contribution is 2.28. The molecule has 0 aliphatic rings. The van der Waals surface area contributed by atoms with Gasteiger partial charge in [0, 0.05) is 34.1 Å². The van der Waals surface area contributed by atoms with Crippen LogP contribution in [0.25, 0.3) is 10.6 Å². The van der Waals surface area contributed by atoms with E-state index < -0.39 is 0 Å². The first-order valence-corrected chi connectivity index (χ1v) is 9.23. The Labute approximate surface area is 160 Å². The summed E-state index contributed by atoms with van der Waals surface area (Å²) in [4.78, 5) is 17.5. The van der Waals surface area contributed by atoms with Crippen LogP contribution in [-0.4, -0.2) is 17.6 Å². The van der Waals surface area contributed by atoms with Gasteiger partial charge >= 0.3 is 6.03 Å². The Hall–Kier alpha value is -2.44. The van der Waals surface area contributed by atoms with Crippen LogP contribution < -0.4 is 10.6 Å². The van der Waals surface area contributed by atoms with Gasteiger partial charge in [-0.1, -0.05) is 29.8 Å². The van der Waals surface area contributed by atoms with Crippen LogP contribution in [0.15, 0.2) is 48.5 Å². The smallest absolute Gasteiger partial charge is 0.319 e. The van der Waals surface area contributed by atoms with Gasteiger partial charge in [-0.05, 0) is 37.3 Å². The predicted octanol–water partition coefficient (Wildman–Crippen LogP) is 5.28. The minimum absolute atomic E-state index is 0.281. The van der Waals surface area contributed by atoms with E-state index in [9.17, 15) is 9.18 Å². The first kappa shape index (κ1) is 18.4. The van der Waals surface area contributed by atoms with E-state index in [1.165, 1.54) is 23.5 Å². The van der Waals surface area contributed by atoms with Crippen molar-refractivity contribution >= 4 is 34.7 Å². The average molecular weight is 390 g/mol. The highest BCUT2D eigenvalue weighted by Gasteiger charge is 2.10. The van der Waals surface area contributed by atoms with E-state index >= 15 is 0 Å². The van der Waals surface area contributed by atoms with Gasteiger partial charge in [0.2, 0.25) is 0 Å². The Morgan fingerprint density at radius 2 is 2.04 bits per heavy atom. The number of aryl methyl sites for hydroxylation is 1. The number of carbonyl (C=O) groups is 1. The van der Waals surface area contributed by atoms with Crippen LogP contribution >= 0.6 is 22.9 Å². The van der Waals surface area contributed by atoms with E-state index in [0.717, 1.165) is 21.1 Å². The highest BCUT2D eigenvalue weighted by atomic mass is 35.5. The fraction of sp³-hybridized carbons (Fsp3) is 0.158. The molecule has 26 heavy (non-hydrogen) atoms. The van der Waals surface area contributed by atoms with Crippen LogP contribution in [0.5, 0.6) is 0 Å². The minimum atomic E-state index is -0.292. The number of benzene rings is 2. The molecule has 0 radical (unpaired) electrons. The average Bonchev–Trinajstić information content (AvgIpc) is 2.96. The molecule has 0 bridgehead atoms. The summed E-state index contributed by atoms with van der Waals surface area (Å²) in [7, 11) is 0. The number of nitrogens with one attached hydrogen (secondary N) is 2. The summed E-state index contributed by atoms with van der Waals surface area (Å²) in [6.45, 7) is 2.39. The molecule has 2 N–H and O–H groups in total. The third-order valence-electron chi connectivity index (χ3n) is 3.68. The molecule has 134 valence electrons. The molecule has 0 saturated carbocycles. The normalized spacial score (nSPS) is 10.6. The van der Waals surface area contributed by atoms with Crippen LogP contribution in [0.2, 0.25) is 5.02 Å². The van der Waals surface area contributed by atoms with Gasteiger partial charge in [0.15, 0.2) is 0 Å². The van der Waals surface area contributed by atoms with Gasteiger partial charge < -0.3 is 10.6 Å². The topological polar surface area (TPSA) is 54.0 Å². The molecule has 0 atom stereocenters. The fourth-order valence-electron chi connectivity index (χ4n) is 2.44. The van der Waals surface area contributed by atoms with Crippen molar-refractivity contribution in [1.82, 2.24) is 10.3 Å². The lowest BCUT2D eigenvalue weighted by Crippen LogP contribution is -2.30. The summed E-state index contributed by atoms with van der Waals surface area (Å²) in [5.41, 5.74) is 2.29. The molecule has 0 spiro atoms. The lowest BCUT2D eigenvalue weighted by molar-refractivity contribution is 0.252. The van der Waals surface area contributed by atoms with Gasteiger partial charge in [-0.3, -0.25) is 0 Å². The second-order valence-corrected chi connectivity index (χ2v) is 7.20. The Morgan fingerprint density at radius 1 is 1.23 bits per heavy atom. The minimum Gasteiger partial charge on any atom is -0.338 e. The summed E-state index contributed by atoms with van der Waals surface area (Å²) >= 11 is 7.40. The lowest BCUT2D eigenvalue weighted by Gasteiger charge is -2.07. The number of carbonyl (C=O) groups excluding carboxylic acids is 1. The Kier molecular flexibility index (Phi) is 5.85. The second kappa shape index (κ2) is 8.29. The molecule has 2 aromatic carbocycles. The molecule has 7 heteroatoms. The maximum atomic E-state index is 13.4. The largest absolute Gasteiger partial charge is 0.338 e. The van der Waals surface area contributed by atoms with Crippen molar-refractivity contribution < 1.29 is 9.18 Å². The molecular formula is C19H17ClFN3OS. The molecule has 1 aromatic heterocycles. The number of hydrogen-bond acceptors (Lipinski definition) is 3. The van der Waals surface area contributed by atoms with Gasteiger partial charge in [-0.15, -0.1) is 11.3 Å². The maximum absolute atomic E-state index is 13.4. The van der Waals surface area contributed by atoms with Gasteiger partial charge in [0.05, 0.1) is 5.69 Å². The van der Waals surface area contributed by atoms with Crippen LogP contribution in [0, 0.1) is 12.7 Å². The van der Waals surface area contributed by atoms with Crippen LogP contribution in [-0.2, 0) is 6.42 Å². The molecule has 0 saturated heterocycles. The van der Waals surface area contributed by atoms with Crippen molar-refractivity contribution in [2.45, 2.75) is 13.3 Å². The summed E-state index contributed by atoms with van der Waals surface area (Å²) in [6.07, 6.45) is 0.655. The van der Waals surface area contributed by atoms with E-state index in [0.29, 0.717) is 23.7 Å². The summed E-state index contributed by atoms with van der Waals surface area (Å²) in [5, 5.41) is 6.88. The fourth-order valence-corrected chi connectivity index (χ4v) is 3.68. The first-order chi connectivity index (χ1) is 12.5. The molecule has 4 nitrogen and oxygen atoms in total. The number of thiazole rings is 1. The van der Waals surface area contributed by atoms with Crippen LogP contribution in [0.3, 0.4) is 0 Å².